The van der Waals surface area contributed by atoms with Gasteiger partial charge in [-0.15, -0.1) is 0 Å². The molecule has 1 aromatic heterocycles. The van der Waals surface area contributed by atoms with Gasteiger partial charge in [0, 0.05) is 17.8 Å². The summed E-state index contributed by atoms with van der Waals surface area (Å²) in [7, 11) is 0. The third kappa shape index (κ3) is 3.43. The molecule has 0 unspecified atom stereocenters. The van der Waals surface area contributed by atoms with E-state index in [4.69, 9.17) is 5.11 Å². The van der Waals surface area contributed by atoms with Gasteiger partial charge in [0.1, 0.15) is 6.61 Å². The Morgan fingerprint density at radius 3 is 2.81 bits per heavy atom. The Labute approximate surface area is 89.1 Å². The van der Waals surface area contributed by atoms with Crippen molar-refractivity contribution in [3.05, 3.63) is 34.2 Å². The number of H-pyrrole nitrogens is 1. The highest BCUT2D eigenvalue weighted by Crippen LogP contribution is 2.09. The van der Waals surface area contributed by atoms with Crippen LogP contribution in [0.1, 0.15) is 10.4 Å². The third-order valence-corrected chi connectivity index (χ3v) is 1.78. The summed E-state index contributed by atoms with van der Waals surface area (Å²) in [4.78, 5) is 24.4. The number of hydrogen-bond donors (Lipinski definition) is 3. The van der Waals surface area contributed by atoms with Crippen molar-refractivity contribution in [1.82, 2.24) is 10.3 Å². The van der Waals surface area contributed by atoms with Crippen LogP contribution >= 0.6 is 0 Å². The van der Waals surface area contributed by atoms with Crippen molar-refractivity contribution in [2.75, 3.05) is 13.2 Å². The molecule has 7 heteroatoms. The normalized spacial score (nSPS) is 11.2. The van der Waals surface area contributed by atoms with Crippen LogP contribution < -0.4 is 10.9 Å². The Hall–Kier alpha value is -1.76. The van der Waals surface area contributed by atoms with Gasteiger partial charge in [0.15, 0.2) is 0 Å². The highest BCUT2D eigenvalue weighted by Gasteiger charge is 2.28. The Morgan fingerprint density at radius 2 is 2.25 bits per heavy atom. The highest BCUT2D eigenvalue weighted by molar-refractivity contribution is 5.93. The molecule has 0 radical (unpaired) electrons. The fraction of sp³-hybridized carbons (Fsp3) is 0.333. The van der Waals surface area contributed by atoms with Crippen LogP contribution in [0, 0.1) is 0 Å². The number of halogens is 2. The Bertz CT molecular complexity index is 431. The summed E-state index contributed by atoms with van der Waals surface area (Å²) >= 11 is 0. The Balaban J connectivity index is 2.63. The van der Waals surface area contributed by atoms with E-state index in [0.29, 0.717) is 0 Å². The smallest absolute Gasteiger partial charge is 0.287 e. The van der Waals surface area contributed by atoms with E-state index in [-0.39, 0.29) is 5.56 Å². The molecular weight excluding hydrogens is 222 g/mol. The second-order valence-corrected chi connectivity index (χ2v) is 3.14. The number of carbonyl (C=O) groups excluding carboxylic acids is 1. The maximum Gasteiger partial charge on any atom is 0.287 e. The van der Waals surface area contributed by atoms with Crippen molar-refractivity contribution < 1.29 is 18.7 Å². The summed E-state index contributed by atoms with van der Waals surface area (Å²) in [5.74, 6) is -4.16. The summed E-state index contributed by atoms with van der Waals surface area (Å²) in [6.07, 6.45) is 1.24. The summed E-state index contributed by atoms with van der Waals surface area (Å²) in [6.45, 7) is -2.32. The largest absolute Gasteiger partial charge is 0.390 e. The Kier molecular flexibility index (Phi) is 3.73. The Morgan fingerprint density at radius 1 is 1.56 bits per heavy atom. The van der Waals surface area contributed by atoms with Gasteiger partial charge in [0.25, 0.3) is 11.8 Å². The van der Waals surface area contributed by atoms with Crippen molar-refractivity contribution in [3.63, 3.8) is 0 Å². The van der Waals surface area contributed by atoms with E-state index in [9.17, 15) is 18.4 Å². The molecule has 1 rings (SSSR count). The first-order chi connectivity index (χ1) is 7.44. The van der Waals surface area contributed by atoms with Crippen molar-refractivity contribution in [2.45, 2.75) is 5.92 Å². The second-order valence-electron chi connectivity index (χ2n) is 3.14. The zero-order chi connectivity index (χ0) is 12.2. The van der Waals surface area contributed by atoms with Crippen LogP contribution in [0.4, 0.5) is 8.78 Å². The molecule has 0 saturated carbocycles. The molecule has 0 fully saturated rings. The van der Waals surface area contributed by atoms with E-state index >= 15 is 0 Å². The van der Waals surface area contributed by atoms with E-state index < -0.39 is 30.5 Å². The SMILES string of the molecule is O=C(NCC(F)(F)CO)c1cc[nH]c(=O)c1. The number of carbonyl (C=O) groups is 1. The number of hydrogen-bond acceptors (Lipinski definition) is 3. The molecule has 1 aromatic rings. The van der Waals surface area contributed by atoms with E-state index in [1.54, 1.807) is 0 Å². The van der Waals surface area contributed by atoms with Crippen molar-refractivity contribution in [1.29, 1.82) is 0 Å². The third-order valence-electron chi connectivity index (χ3n) is 1.78. The number of amides is 1. The minimum Gasteiger partial charge on any atom is -0.390 e. The molecule has 0 aliphatic carbocycles. The molecule has 0 aromatic carbocycles. The number of aromatic nitrogens is 1. The van der Waals surface area contributed by atoms with Crippen LogP contribution in [-0.4, -0.2) is 35.1 Å². The van der Waals surface area contributed by atoms with Gasteiger partial charge in [0.05, 0.1) is 6.54 Å². The molecule has 1 amide bonds. The first-order valence-electron chi connectivity index (χ1n) is 4.40. The molecule has 0 bridgehead atoms. The number of pyridine rings is 1. The zero-order valence-corrected chi connectivity index (χ0v) is 8.17. The highest BCUT2D eigenvalue weighted by atomic mass is 19.3. The number of alkyl halides is 2. The van der Waals surface area contributed by atoms with Gasteiger partial charge in [-0.05, 0) is 6.07 Å². The monoisotopic (exact) mass is 232 g/mol. The molecule has 0 aliphatic rings. The molecule has 1 heterocycles. The van der Waals surface area contributed by atoms with Gasteiger partial charge < -0.3 is 15.4 Å². The number of aliphatic hydroxyl groups excluding tert-OH is 1. The van der Waals surface area contributed by atoms with Crippen molar-refractivity contribution in [2.24, 2.45) is 0 Å². The molecule has 0 atom stereocenters. The minimum absolute atomic E-state index is 0.0162. The van der Waals surface area contributed by atoms with Gasteiger partial charge in [0.2, 0.25) is 5.56 Å². The maximum absolute atomic E-state index is 12.6. The van der Waals surface area contributed by atoms with Crippen LogP contribution in [-0.2, 0) is 0 Å². The average molecular weight is 232 g/mol. The van der Waals surface area contributed by atoms with Gasteiger partial charge in [-0.2, -0.15) is 0 Å². The van der Waals surface area contributed by atoms with Gasteiger partial charge >= 0.3 is 0 Å². The number of rotatable bonds is 4. The van der Waals surface area contributed by atoms with Crippen LogP contribution in [0.15, 0.2) is 23.1 Å². The number of nitrogens with one attached hydrogen (secondary N) is 2. The minimum atomic E-state index is -3.36. The lowest BCUT2D eigenvalue weighted by Crippen LogP contribution is -2.39. The molecule has 3 N–H and O–H groups in total. The lowest BCUT2D eigenvalue weighted by molar-refractivity contribution is -0.0462. The molecular formula is C9H10F2N2O3. The second kappa shape index (κ2) is 4.84. The van der Waals surface area contributed by atoms with Gasteiger partial charge in [-0.1, -0.05) is 0 Å². The molecule has 0 spiro atoms. The zero-order valence-electron chi connectivity index (χ0n) is 8.17. The number of aromatic amines is 1. The standard InChI is InChI=1S/C9H10F2N2O3/c10-9(11,5-14)4-13-8(16)6-1-2-12-7(15)3-6/h1-3,14H,4-5H2,(H,12,15)(H,13,16). The molecule has 16 heavy (non-hydrogen) atoms. The predicted octanol–water partition coefficient (Wildman–Crippen LogP) is -0.268. The van der Waals surface area contributed by atoms with E-state index in [2.05, 4.69) is 4.98 Å². The lowest BCUT2D eigenvalue weighted by atomic mass is 10.2. The molecule has 0 aliphatic heterocycles. The first kappa shape index (κ1) is 12.3. The summed E-state index contributed by atoms with van der Waals surface area (Å²) < 4.78 is 25.2. The van der Waals surface area contributed by atoms with Crippen LogP contribution in [0.3, 0.4) is 0 Å². The van der Waals surface area contributed by atoms with Crippen LogP contribution in [0.2, 0.25) is 0 Å². The molecule has 88 valence electrons. The summed E-state index contributed by atoms with van der Waals surface area (Å²) in [5, 5.41) is 10.2. The molecule has 0 saturated heterocycles. The van der Waals surface area contributed by atoms with Crippen molar-refractivity contribution in [3.8, 4) is 0 Å². The fourth-order valence-corrected chi connectivity index (χ4v) is 0.953. The topological polar surface area (TPSA) is 82.2 Å². The lowest BCUT2D eigenvalue weighted by Gasteiger charge is -2.13. The number of aliphatic hydroxyl groups is 1. The quantitative estimate of drug-likeness (QED) is 0.668. The van der Waals surface area contributed by atoms with Crippen molar-refractivity contribution >= 4 is 5.91 Å². The van der Waals surface area contributed by atoms with Gasteiger partial charge in [-0.3, -0.25) is 9.59 Å². The van der Waals surface area contributed by atoms with E-state index in [1.165, 1.54) is 12.3 Å². The van der Waals surface area contributed by atoms with E-state index in [1.807, 2.05) is 5.32 Å². The predicted molar refractivity (Wildman–Crippen MR) is 51.4 cm³/mol. The summed E-state index contributed by atoms with van der Waals surface area (Å²) in [6, 6.07) is 2.28. The fourth-order valence-electron chi connectivity index (χ4n) is 0.953. The van der Waals surface area contributed by atoms with E-state index in [0.717, 1.165) is 6.07 Å². The van der Waals surface area contributed by atoms with Crippen LogP contribution in [0.5, 0.6) is 0 Å². The average Bonchev–Trinajstić information content (AvgIpc) is 2.26. The maximum atomic E-state index is 12.6. The first-order valence-corrected chi connectivity index (χ1v) is 4.40. The van der Waals surface area contributed by atoms with Gasteiger partial charge in [-0.25, -0.2) is 8.78 Å². The molecule has 5 nitrogen and oxygen atoms in total. The van der Waals surface area contributed by atoms with Crippen LogP contribution in [0.25, 0.3) is 0 Å². The summed E-state index contributed by atoms with van der Waals surface area (Å²) in [5.41, 5.74) is -0.515.